The number of aliphatic carboxylic acids is 1. The predicted molar refractivity (Wildman–Crippen MR) is 68.5 cm³/mol. The molecular formula is C12H20N4O2. The largest absolute Gasteiger partial charge is 0.481 e. The van der Waals surface area contributed by atoms with Crippen molar-refractivity contribution in [2.24, 2.45) is 0 Å². The molecule has 0 aromatic carbocycles. The Labute approximate surface area is 107 Å². The maximum Gasteiger partial charge on any atom is 0.303 e. The Kier molecular flexibility index (Phi) is 6.04. The summed E-state index contributed by atoms with van der Waals surface area (Å²) < 4.78 is 0. The SMILES string of the molecule is Cc1nnc(NCCCCCCC(=O)O)nc1C. The van der Waals surface area contributed by atoms with Crippen molar-refractivity contribution in [2.45, 2.75) is 46.0 Å². The Morgan fingerprint density at radius 2 is 1.83 bits per heavy atom. The minimum atomic E-state index is -0.720. The second-order valence-electron chi connectivity index (χ2n) is 4.29. The monoisotopic (exact) mass is 252 g/mol. The molecule has 0 bridgehead atoms. The van der Waals surface area contributed by atoms with Crippen molar-refractivity contribution in [1.82, 2.24) is 15.2 Å². The molecule has 2 N–H and O–H groups in total. The topological polar surface area (TPSA) is 88.0 Å². The number of aromatic nitrogens is 3. The summed E-state index contributed by atoms with van der Waals surface area (Å²) in [5, 5.41) is 19.5. The third-order valence-electron chi connectivity index (χ3n) is 2.69. The molecule has 6 heteroatoms. The number of nitrogens with one attached hydrogen (secondary N) is 1. The molecule has 0 atom stereocenters. The lowest BCUT2D eigenvalue weighted by Gasteiger charge is -2.05. The molecule has 0 spiro atoms. The van der Waals surface area contributed by atoms with Crippen LogP contribution in [0.25, 0.3) is 0 Å². The summed E-state index contributed by atoms with van der Waals surface area (Å²) >= 11 is 0. The van der Waals surface area contributed by atoms with E-state index in [1.807, 2.05) is 13.8 Å². The first-order chi connectivity index (χ1) is 8.59. The quantitative estimate of drug-likeness (QED) is 0.687. The van der Waals surface area contributed by atoms with Gasteiger partial charge < -0.3 is 10.4 Å². The van der Waals surface area contributed by atoms with Gasteiger partial charge in [0.2, 0.25) is 5.95 Å². The van der Waals surface area contributed by atoms with E-state index in [0.717, 1.165) is 43.6 Å². The van der Waals surface area contributed by atoms with E-state index < -0.39 is 5.97 Å². The van der Waals surface area contributed by atoms with E-state index >= 15 is 0 Å². The third kappa shape index (κ3) is 5.56. The van der Waals surface area contributed by atoms with Crippen LogP contribution in [-0.2, 0) is 4.79 Å². The molecule has 0 saturated carbocycles. The molecule has 6 nitrogen and oxygen atoms in total. The van der Waals surface area contributed by atoms with Gasteiger partial charge in [0.25, 0.3) is 0 Å². The lowest BCUT2D eigenvalue weighted by Crippen LogP contribution is -2.08. The predicted octanol–water partition coefficient (Wildman–Crippen LogP) is 1.94. The average molecular weight is 252 g/mol. The number of nitrogens with zero attached hydrogens (tertiary/aromatic N) is 3. The minimum Gasteiger partial charge on any atom is -0.481 e. The summed E-state index contributed by atoms with van der Waals surface area (Å²) in [4.78, 5) is 14.6. The highest BCUT2D eigenvalue weighted by atomic mass is 16.4. The van der Waals surface area contributed by atoms with E-state index in [0.29, 0.717) is 5.95 Å². The molecule has 0 aliphatic rings. The fraction of sp³-hybridized carbons (Fsp3) is 0.667. The van der Waals surface area contributed by atoms with Crippen LogP contribution in [0.5, 0.6) is 0 Å². The van der Waals surface area contributed by atoms with Crippen LogP contribution in [0.15, 0.2) is 0 Å². The van der Waals surface area contributed by atoms with Crippen molar-refractivity contribution >= 4 is 11.9 Å². The number of unbranched alkanes of at least 4 members (excludes halogenated alkanes) is 3. The Bertz CT molecular complexity index is 396. The maximum atomic E-state index is 10.3. The minimum absolute atomic E-state index is 0.262. The Morgan fingerprint density at radius 1 is 1.11 bits per heavy atom. The first-order valence-electron chi connectivity index (χ1n) is 6.23. The van der Waals surface area contributed by atoms with Crippen LogP contribution < -0.4 is 5.32 Å². The van der Waals surface area contributed by atoms with E-state index in [-0.39, 0.29) is 6.42 Å². The van der Waals surface area contributed by atoms with Gasteiger partial charge in [-0.25, -0.2) is 4.98 Å². The smallest absolute Gasteiger partial charge is 0.303 e. The highest BCUT2D eigenvalue weighted by molar-refractivity contribution is 5.66. The van der Waals surface area contributed by atoms with Gasteiger partial charge in [-0.2, -0.15) is 5.10 Å². The average Bonchev–Trinajstić information content (AvgIpc) is 2.32. The highest BCUT2D eigenvalue weighted by Gasteiger charge is 2.00. The normalized spacial score (nSPS) is 10.3. The number of carboxylic acid groups (broad SMARTS) is 1. The van der Waals surface area contributed by atoms with Crippen LogP contribution in [0, 0.1) is 13.8 Å². The highest BCUT2D eigenvalue weighted by Crippen LogP contribution is 2.05. The zero-order valence-corrected chi connectivity index (χ0v) is 10.9. The molecule has 0 amide bonds. The molecule has 18 heavy (non-hydrogen) atoms. The number of rotatable bonds is 8. The number of hydrogen-bond acceptors (Lipinski definition) is 5. The van der Waals surface area contributed by atoms with Gasteiger partial charge in [0, 0.05) is 13.0 Å². The molecule has 1 heterocycles. The van der Waals surface area contributed by atoms with Crippen LogP contribution in [-0.4, -0.2) is 32.8 Å². The number of hydrogen-bond donors (Lipinski definition) is 2. The van der Waals surface area contributed by atoms with Gasteiger partial charge in [-0.1, -0.05) is 12.8 Å². The molecule has 0 unspecified atom stereocenters. The van der Waals surface area contributed by atoms with Gasteiger partial charge in [-0.3, -0.25) is 4.79 Å². The molecule has 0 saturated heterocycles. The zero-order valence-electron chi connectivity index (χ0n) is 10.9. The maximum absolute atomic E-state index is 10.3. The Hall–Kier alpha value is -1.72. The van der Waals surface area contributed by atoms with Gasteiger partial charge >= 0.3 is 5.97 Å². The van der Waals surface area contributed by atoms with Crippen LogP contribution >= 0.6 is 0 Å². The summed E-state index contributed by atoms with van der Waals surface area (Å²) in [5.74, 6) is -0.161. The van der Waals surface area contributed by atoms with E-state index in [1.54, 1.807) is 0 Å². The first kappa shape index (κ1) is 14.3. The van der Waals surface area contributed by atoms with Crippen molar-refractivity contribution < 1.29 is 9.90 Å². The summed E-state index contributed by atoms with van der Waals surface area (Å²) in [7, 11) is 0. The summed E-state index contributed by atoms with van der Waals surface area (Å²) in [5.41, 5.74) is 1.73. The molecule has 0 fully saturated rings. The lowest BCUT2D eigenvalue weighted by atomic mass is 10.1. The van der Waals surface area contributed by atoms with Gasteiger partial charge in [-0.15, -0.1) is 5.10 Å². The van der Waals surface area contributed by atoms with Crippen molar-refractivity contribution in [3.63, 3.8) is 0 Å². The molecule has 0 radical (unpaired) electrons. The standard InChI is InChI=1S/C12H20N4O2/c1-9-10(2)15-16-12(14-9)13-8-6-4-3-5-7-11(17)18/h3-8H2,1-2H3,(H,17,18)(H,13,14,16). The third-order valence-corrected chi connectivity index (χ3v) is 2.69. The molecular weight excluding hydrogens is 232 g/mol. The van der Waals surface area contributed by atoms with Gasteiger partial charge in [0.15, 0.2) is 0 Å². The number of aryl methyl sites for hydroxylation is 2. The van der Waals surface area contributed by atoms with E-state index in [4.69, 9.17) is 5.11 Å². The van der Waals surface area contributed by atoms with E-state index in [2.05, 4.69) is 20.5 Å². The zero-order chi connectivity index (χ0) is 13.4. The summed E-state index contributed by atoms with van der Waals surface area (Å²) in [6.45, 7) is 4.57. The molecule has 0 aliphatic heterocycles. The van der Waals surface area contributed by atoms with Crippen molar-refractivity contribution in [3.05, 3.63) is 11.4 Å². The van der Waals surface area contributed by atoms with Crippen molar-refractivity contribution in [2.75, 3.05) is 11.9 Å². The molecule has 100 valence electrons. The van der Waals surface area contributed by atoms with Crippen LogP contribution in [0.2, 0.25) is 0 Å². The van der Waals surface area contributed by atoms with Gasteiger partial charge in [0.05, 0.1) is 11.4 Å². The number of anilines is 1. The molecule has 1 aromatic heterocycles. The Balaban J connectivity index is 2.10. The number of carbonyl (C=O) groups is 1. The molecule has 1 rings (SSSR count). The van der Waals surface area contributed by atoms with Crippen LogP contribution in [0.4, 0.5) is 5.95 Å². The summed E-state index contributed by atoms with van der Waals surface area (Å²) in [6, 6.07) is 0. The molecule has 0 aliphatic carbocycles. The van der Waals surface area contributed by atoms with Crippen LogP contribution in [0.3, 0.4) is 0 Å². The van der Waals surface area contributed by atoms with E-state index in [9.17, 15) is 4.79 Å². The second-order valence-corrected chi connectivity index (χ2v) is 4.29. The Morgan fingerprint density at radius 3 is 2.50 bits per heavy atom. The van der Waals surface area contributed by atoms with Gasteiger partial charge in [-0.05, 0) is 26.7 Å². The van der Waals surface area contributed by atoms with E-state index in [1.165, 1.54) is 0 Å². The first-order valence-corrected chi connectivity index (χ1v) is 6.23. The lowest BCUT2D eigenvalue weighted by molar-refractivity contribution is -0.137. The number of carboxylic acids is 1. The summed E-state index contributed by atoms with van der Waals surface area (Å²) in [6.07, 6.45) is 3.95. The van der Waals surface area contributed by atoms with Gasteiger partial charge in [0.1, 0.15) is 0 Å². The molecule has 1 aromatic rings. The van der Waals surface area contributed by atoms with Crippen molar-refractivity contribution in [3.8, 4) is 0 Å². The fourth-order valence-corrected chi connectivity index (χ4v) is 1.49. The van der Waals surface area contributed by atoms with Crippen LogP contribution in [0.1, 0.15) is 43.5 Å². The second kappa shape index (κ2) is 7.58. The van der Waals surface area contributed by atoms with Crippen molar-refractivity contribution in [1.29, 1.82) is 0 Å². The fourth-order valence-electron chi connectivity index (χ4n) is 1.49.